The molecule has 0 heterocycles. The van der Waals surface area contributed by atoms with Crippen molar-refractivity contribution in [3.63, 3.8) is 0 Å². The Morgan fingerprint density at radius 2 is 2.17 bits per heavy atom. The number of carbonyl (C=O) groups excluding carboxylic acids is 1. The molecule has 1 unspecified atom stereocenters. The van der Waals surface area contributed by atoms with Gasteiger partial charge in [0.2, 0.25) is 0 Å². The van der Waals surface area contributed by atoms with Gasteiger partial charge in [-0.3, -0.25) is 4.79 Å². The molecule has 0 aromatic heterocycles. The van der Waals surface area contributed by atoms with Crippen molar-refractivity contribution in [3.8, 4) is 0 Å². The molecule has 1 heteroatoms. The quantitative estimate of drug-likeness (QED) is 0.579. The monoisotopic (exact) mass is 162 g/mol. The lowest BCUT2D eigenvalue weighted by atomic mass is 9.90. The second-order valence-electron chi connectivity index (χ2n) is 3.73. The highest BCUT2D eigenvalue weighted by Gasteiger charge is 2.21. The van der Waals surface area contributed by atoms with Crippen molar-refractivity contribution in [1.29, 1.82) is 0 Å². The first kappa shape index (κ1) is 7.78. The lowest BCUT2D eigenvalue weighted by Crippen LogP contribution is -2.10. The van der Waals surface area contributed by atoms with E-state index in [1.54, 1.807) is 6.92 Å². The van der Waals surface area contributed by atoms with Crippen LogP contribution in [0.15, 0.2) is 23.3 Å². The Morgan fingerprint density at radius 3 is 2.92 bits per heavy atom. The molecule has 0 bridgehead atoms. The lowest BCUT2D eigenvalue weighted by molar-refractivity contribution is -0.119. The smallest absolute Gasteiger partial charge is 0.136 e. The summed E-state index contributed by atoms with van der Waals surface area (Å²) in [4.78, 5) is 11.1. The normalized spacial score (nSPS) is 27.6. The summed E-state index contributed by atoms with van der Waals surface area (Å²) in [5, 5.41) is 0. The molecular formula is C11H14O. The Bertz CT molecular complexity index is 271. The second kappa shape index (κ2) is 2.89. The van der Waals surface area contributed by atoms with Gasteiger partial charge in [0.05, 0.1) is 0 Å². The van der Waals surface area contributed by atoms with Crippen LogP contribution in [0.1, 0.15) is 32.6 Å². The maximum atomic E-state index is 11.1. The largest absolute Gasteiger partial charge is 0.299 e. The molecule has 2 aliphatic rings. The summed E-state index contributed by atoms with van der Waals surface area (Å²) in [6.45, 7) is 1.69. The van der Waals surface area contributed by atoms with E-state index in [0.29, 0.717) is 5.78 Å². The van der Waals surface area contributed by atoms with Gasteiger partial charge in [0.15, 0.2) is 0 Å². The van der Waals surface area contributed by atoms with E-state index in [2.05, 4.69) is 12.2 Å². The molecule has 0 saturated heterocycles. The fourth-order valence-corrected chi connectivity index (χ4v) is 2.08. The summed E-state index contributed by atoms with van der Waals surface area (Å²) in [6, 6.07) is 0. The molecule has 1 atom stereocenters. The van der Waals surface area contributed by atoms with Crippen molar-refractivity contribution in [2.24, 2.45) is 5.92 Å². The Kier molecular flexibility index (Phi) is 1.87. The Labute approximate surface area is 73.2 Å². The van der Waals surface area contributed by atoms with Crippen LogP contribution in [0, 0.1) is 5.92 Å². The highest BCUT2D eigenvalue weighted by Crippen LogP contribution is 2.35. The molecule has 1 nitrogen and oxygen atoms in total. The molecule has 0 radical (unpaired) electrons. The third-order valence-corrected chi connectivity index (χ3v) is 2.85. The molecule has 0 N–H and O–H groups in total. The lowest BCUT2D eigenvalue weighted by Gasteiger charge is -2.14. The van der Waals surface area contributed by atoms with Crippen molar-refractivity contribution < 1.29 is 4.79 Å². The van der Waals surface area contributed by atoms with Gasteiger partial charge >= 0.3 is 0 Å². The molecule has 0 amide bonds. The topological polar surface area (TPSA) is 17.1 Å². The van der Waals surface area contributed by atoms with Crippen molar-refractivity contribution in [3.05, 3.63) is 23.3 Å². The van der Waals surface area contributed by atoms with E-state index in [4.69, 9.17) is 0 Å². The van der Waals surface area contributed by atoms with E-state index < -0.39 is 0 Å². The van der Waals surface area contributed by atoms with E-state index in [9.17, 15) is 4.79 Å². The summed E-state index contributed by atoms with van der Waals surface area (Å²) >= 11 is 0. The van der Waals surface area contributed by atoms with Crippen LogP contribution < -0.4 is 0 Å². The van der Waals surface area contributed by atoms with Gasteiger partial charge in [0, 0.05) is 5.92 Å². The first-order valence-corrected chi connectivity index (χ1v) is 4.68. The summed E-state index contributed by atoms with van der Waals surface area (Å²) in [7, 11) is 0. The van der Waals surface area contributed by atoms with Gasteiger partial charge in [-0.25, -0.2) is 0 Å². The molecule has 64 valence electrons. The van der Waals surface area contributed by atoms with E-state index in [1.807, 2.05) is 0 Å². The van der Waals surface area contributed by atoms with Crippen molar-refractivity contribution >= 4 is 5.78 Å². The first-order chi connectivity index (χ1) is 5.77. The number of allylic oxidation sites excluding steroid dienone is 4. The average Bonchev–Trinajstić information content (AvgIpc) is 2.49. The van der Waals surface area contributed by atoms with Crippen molar-refractivity contribution in [2.45, 2.75) is 32.6 Å². The fraction of sp³-hybridized carbons (Fsp3) is 0.545. The van der Waals surface area contributed by atoms with Crippen LogP contribution >= 0.6 is 0 Å². The molecule has 0 aromatic carbocycles. The van der Waals surface area contributed by atoms with Crippen LogP contribution in [0.2, 0.25) is 0 Å². The average molecular weight is 162 g/mol. The molecule has 0 spiro atoms. The van der Waals surface area contributed by atoms with Gasteiger partial charge in [0.25, 0.3) is 0 Å². The predicted octanol–water partition coefficient (Wildman–Crippen LogP) is 2.63. The van der Waals surface area contributed by atoms with Crippen molar-refractivity contribution in [2.75, 3.05) is 0 Å². The highest BCUT2D eigenvalue weighted by atomic mass is 16.1. The number of ketones is 1. The van der Waals surface area contributed by atoms with Gasteiger partial charge in [-0.05, 0) is 43.8 Å². The second-order valence-corrected chi connectivity index (χ2v) is 3.73. The first-order valence-electron chi connectivity index (χ1n) is 4.68. The van der Waals surface area contributed by atoms with Gasteiger partial charge in [-0.15, -0.1) is 0 Å². The van der Waals surface area contributed by atoms with Crippen LogP contribution in [0.3, 0.4) is 0 Å². The Hall–Kier alpha value is -0.850. The molecule has 2 aliphatic carbocycles. The van der Waals surface area contributed by atoms with Crippen LogP contribution in [0.5, 0.6) is 0 Å². The van der Waals surface area contributed by atoms with Crippen LogP contribution in [0.25, 0.3) is 0 Å². The Morgan fingerprint density at radius 1 is 1.42 bits per heavy atom. The SMILES string of the molecule is CC(=O)C1C=C2CCCC2=CC1. The van der Waals surface area contributed by atoms with E-state index in [-0.39, 0.29) is 5.92 Å². The minimum absolute atomic E-state index is 0.182. The van der Waals surface area contributed by atoms with Crippen LogP contribution in [-0.2, 0) is 4.79 Å². The molecule has 0 aromatic rings. The Balaban J connectivity index is 2.21. The predicted molar refractivity (Wildman–Crippen MR) is 48.8 cm³/mol. The molecule has 2 rings (SSSR count). The number of Topliss-reactive ketones (excluding diaryl/α,β-unsaturated/α-hetero) is 1. The number of carbonyl (C=O) groups is 1. The summed E-state index contributed by atoms with van der Waals surface area (Å²) in [5.74, 6) is 0.492. The summed E-state index contributed by atoms with van der Waals surface area (Å²) in [5.41, 5.74) is 2.95. The fourth-order valence-electron chi connectivity index (χ4n) is 2.08. The minimum Gasteiger partial charge on any atom is -0.299 e. The number of rotatable bonds is 1. The zero-order valence-corrected chi connectivity index (χ0v) is 7.47. The number of hydrogen-bond acceptors (Lipinski definition) is 1. The maximum absolute atomic E-state index is 11.1. The van der Waals surface area contributed by atoms with Gasteiger partial charge < -0.3 is 0 Å². The molecule has 1 fully saturated rings. The highest BCUT2D eigenvalue weighted by molar-refractivity contribution is 5.81. The van der Waals surface area contributed by atoms with E-state index in [0.717, 1.165) is 6.42 Å². The maximum Gasteiger partial charge on any atom is 0.136 e. The molecule has 12 heavy (non-hydrogen) atoms. The minimum atomic E-state index is 0.182. The van der Waals surface area contributed by atoms with Gasteiger partial charge in [0.1, 0.15) is 5.78 Å². The summed E-state index contributed by atoms with van der Waals surface area (Å²) < 4.78 is 0. The summed E-state index contributed by atoms with van der Waals surface area (Å²) in [6.07, 6.45) is 9.08. The van der Waals surface area contributed by atoms with E-state index in [1.165, 1.54) is 30.4 Å². The molecular weight excluding hydrogens is 148 g/mol. The molecule has 0 aliphatic heterocycles. The number of hydrogen-bond donors (Lipinski definition) is 0. The number of fused-ring (bicyclic) bond motifs is 1. The van der Waals surface area contributed by atoms with E-state index >= 15 is 0 Å². The zero-order chi connectivity index (χ0) is 8.55. The molecule has 1 saturated carbocycles. The zero-order valence-electron chi connectivity index (χ0n) is 7.47. The standard InChI is InChI=1S/C11H14O/c1-8(12)10-6-5-9-3-2-4-11(9)7-10/h5,7,10H,2-4,6H2,1H3. The van der Waals surface area contributed by atoms with Crippen molar-refractivity contribution in [1.82, 2.24) is 0 Å². The van der Waals surface area contributed by atoms with Crippen LogP contribution in [-0.4, -0.2) is 5.78 Å². The van der Waals surface area contributed by atoms with Gasteiger partial charge in [-0.1, -0.05) is 12.2 Å². The van der Waals surface area contributed by atoms with Crippen LogP contribution in [0.4, 0.5) is 0 Å². The third kappa shape index (κ3) is 1.24. The third-order valence-electron chi connectivity index (χ3n) is 2.85. The van der Waals surface area contributed by atoms with Gasteiger partial charge in [-0.2, -0.15) is 0 Å².